The lowest BCUT2D eigenvalue weighted by Crippen LogP contribution is -2.01. The van der Waals surface area contributed by atoms with Crippen LogP contribution in [-0.2, 0) is 6.54 Å². The average Bonchev–Trinajstić information content (AvgIpc) is 3.14. The van der Waals surface area contributed by atoms with Crippen molar-refractivity contribution in [1.29, 1.82) is 0 Å². The molecule has 3 aromatic rings. The highest BCUT2D eigenvalue weighted by Crippen LogP contribution is 2.29. The van der Waals surface area contributed by atoms with Crippen LogP contribution >= 0.6 is 0 Å². The Morgan fingerprint density at radius 3 is 2.88 bits per heavy atom. The first-order chi connectivity index (χ1) is 11.7. The molecule has 24 heavy (non-hydrogen) atoms. The molecule has 0 unspecified atom stereocenters. The Kier molecular flexibility index (Phi) is 4.37. The van der Waals surface area contributed by atoms with E-state index in [1.807, 2.05) is 24.3 Å². The van der Waals surface area contributed by atoms with Gasteiger partial charge < -0.3 is 10.1 Å². The molecule has 0 aliphatic heterocycles. The highest BCUT2D eigenvalue weighted by atomic mass is 16.6. The Morgan fingerprint density at radius 1 is 1.29 bits per heavy atom. The summed E-state index contributed by atoms with van der Waals surface area (Å²) in [5, 5.41) is 20.8. The predicted octanol–water partition coefficient (Wildman–Crippen LogP) is 3.00. The van der Waals surface area contributed by atoms with E-state index in [0.717, 1.165) is 16.8 Å². The molecule has 2 N–H and O–H groups in total. The van der Waals surface area contributed by atoms with E-state index in [2.05, 4.69) is 20.5 Å². The molecule has 8 heteroatoms. The molecule has 0 saturated heterocycles. The quantitative estimate of drug-likeness (QED) is 0.533. The maximum atomic E-state index is 10.9. The second-order valence-corrected chi connectivity index (χ2v) is 5.03. The summed E-state index contributed by atoms with van der Waals surface area (Å²) in [6.07, 6.45) is 1.46. The van der Waals surface area contributed by atoms with E-state index in [0.29, 0.717) is 12.4 Å². The fourth-order valence-corrected chi connectivity index (χ4v) is 2.32. The Balaban J connectivity index is 1.74. The van der Waals surface area contributed by atoms with Crippen molar-refractivity contribution in [3.8, 4) is 17.1 Å². The van der Waals surface area contributed by atoms with E-state index in [1.54, 1.807) is 12.1 Å². The van der Waals surface area contributed by atoms with Crippen molar-refractivity contribution in [2.24, 2.45) is 0 Å². The van der Waals surface area contributed by atoms with Crippen LogP contribution in [0.1, 0.15) is 5.56 Å². The maximum Gasteiger partial charge on any atom is 0.311 e. The molecule has 0 amide bonds. The first kappa shape index (κ1) is 15.5. The van der Waals surface area contributed by atoms with Gasteiger partial charge in [0.05, 0.1) is 12.0 Å². The molecule has 0 saturated carbocycles. The number of ether oxygens (including phenoxy) is 1. The number of benzene rings is 2. The molecule has 0 fully saturated rings. The molecule has 0 atom stereocenters. The lowest BCUT2D eigenvalue weighted by atomic mass is 10.1. The number of anilines is 1. The summed E-state index contributed by atoms with van der Waals surface area (Å²) >= 11 is 0. The van der Waals surface area contributed by atoms with Gasteiger partial charge in [0.15, 0.2) is 11.6 Å². The van der Waals surface area contributed by atoms with E-state index in [9.17, 15) is 10.1 Å². The normalized spacial score (nSPS) is 10.4. The van der Waals surface area contributed by atoms with Crippen LogP contribution in [0, 0.1) is 10.1 Å². The smallest absolute Gasteiger partial charge is 0.311 e. The third-order valence-electron chi connectivity index (χ3n) is 3.49. The van der Waals surface area contributed by atoms with Crippen LogP contribution in [0.4, 0.5) is 11.4 Å². The summed E-state index contributed by atoms with van der Waals surface area (Å²) in [5.74, 6) is 0.925. The number of aromatic amines is 1. The van der Waals surface area contributed by atoms with Gasteiger partial charge >= 0.3 is 5.69 Å². The van der Waals surface area contributed by atoms with Crippen molar-refractivity contribution in [3.05, 3.63) is 64.5 Å². The molecular weight excluding hydrogens is 310 g/mol. The van der Waals surface area contributed by atoms with Gasteiger partial charge in [-0.15, -0.1) is 0 Å². The zero-order chi connectivity index (χ0) is 16.9. The minimum Gasteiger partial charge on any atom is -0.490 e. The van der Waals surface area contributed by atoms with Crippen LogP contribution in [0.25, 0.3) is 11.4 Å². The topological polar surface area (TPSA) is 106 Å². The predicted molar refractivity (Wildman–Crippen MR) is 88.8 cm³/mol. The van der Waals surface area contributed by atoms with E-state index in [-0.39, 0.29) is 11.4 Å². The Morgan fingerprint density at radius 2 is 2.17 bits per heavy atom. The number of nitrogens with zero attached hydrogens (tertiary/aromatic N) is 3. The van der Waals surface area contributed by atoms with Gasteiger partial charge in [-0.1, -0.05) is 18.2 Å². The van der Waals surface area contributed by atoms with Crippen molar-refractivity contribution in [3.63, 3.8) is 0 Å². The standard InChI is InChI=1S/C16H15N5O3/c1-24-15-8-13(5-6-14(15)21(22)23)17-9-11-3-2-4-12(7-11)16-18-10-19-20-16/h2-8,10,17H,9H2,1H3,(H,18,19,20). The maximum absolute atomic E-state index is 10.9. The molecule has 1 heterocycles. The third-order valence-corrected chi connectivity index (χ3v) is 3.49. The number of nitrogens with one attached hydrogen (secondary N) is 2. The monoisotopic (exact) mass is 325 g/mol. The second kappa shape index (κ2) is 6.78. The number of H-pyrrole nitrogens is 1. The second-order valence-electron chi connectivity index (χ2n) is 5.03. The largest absolute Gasteiger partial charge is 0.490 e. The lowest BCUT2D eigenvalue weighted by Gasteiger charge is -2.09. The van der Waals surface area contributed by atoms with Gasteiger partial charge in [-0.3, -0.25) is 15.2 Å². The summed E-state index contributed by atoms with van der Waals surface area (Å²) in [4.78, 5) is 14.6. The fourth-order valence-electron chi connectivity index (χ4n) is 2.32. The van der Waals surface area contributed by atoms with Crippen LogP contribution in [0.3, 0.4) is 0 Å². The Hall–Kier alpha value is -3.42. The van der Waals surface area contributed by atoms with Crippen LogP contribution < -0.4 is 10.1 Å². The third kappa shape index (κ3) is 3.32. The van der Waals surface area contributed by atoms with Crippen molar-refractivity contribution in [2.45, 2.75) is 6.54 Å². The number of aromatic nitrogens is 3. The van der Waals surface area contributed by atoms with E-state index in [1.165, 1.54) is 19.5 Å². The van der Waals surface area contributed by atoms with Gasteiger partial charge in [-0.05, 0) is 17.7 Å². The minimum absolute atomic E-state index is 0.0598. The van der Waals surface area contributed by atoms with Crippen LogP contribution in [0.15, 0.2) is 48.8 Å². The molecule has 122 valence electrons. The summed E-state index contributed by atoms with van der Waals surface area (Å²) < 4.78 is 5.07. The van der Waals surface area contributed by atoms with Crippen LogP contribution in [0.5, 0.6) is 5.75 Å². The molecule has 0 bridgehead atoms. The van der Waals surface area contributed by atoms with Crippen molar-refractivity contribution >= 4 is 11.4 Å². The molecule has 1 aromatic heterocycles. The van der Waals surface area contributed by atoms with Gasteiger partial charge in [0.1, 0.15) is 6.33 Å². The summed E-state index contributed by atoms with van der Waals surface area (Å²) in [7, 11) is 1.41. The number of nitro benzene ring substituents is 1. The highest BCUT2D eigenvalue weighted by Gasteiger charge is 2.14. The fraction of sp³-hybridized carbons (Fsp3) is 0.125. The zero-order valence-electron chi connectivity index (χ0n) is 12.9. The molecule has 0 radical (unpaired) electrons. The molecule has 0 aliphatic rings. The van der Waals surface area contributed by atoms with Crippen LogP contribution in [0.2, 0.25) is 0 Å². The van der Waals surface area contributed by atoms with Gasteiger partial charge in [0.2, 0.25) is 0 Å². The Labute approximate surface area is 137 Å². The summed E-state index contributed by atoms with van der Waals surface area (Å²) in [6, 6.07) is 12.5. The van der Waals surface area contributed by atoms with Crippen molar-refractivity contribution < 1.29 is 9.66 Å². The first-order valence-corrected chi connectivity index (χ1v) is 7.18. The van der Waals surface area contributed by atoms with Gasteiger partial charge in [-0.2, -0.15) is 5.10 Å². The van der Waals surface area contributed by atoms with Gasteiger partial charge in [0.25, 0.3) is 0 Å². The van der Waals surface area contributed by atoms with E-state index in [4.69, 9.17) is 4.74 Å². The molecule has 0 spiro atoms. The molecule has 8 nitrogen and oxygen atoms in total. The number of hydrogen-bond donors (Lipinski definition) is 2. The summed E-state index contributed by atoms with van der Waals surface area (Å²) in [5.41, 5.74) is 2.66. The molecular formula is C16H15N5O3. The number of nitro groups is 1. The number of methoxy groups -OCH3 is 1. The van der Waals surface area contributed by atoms with Crippen molar-refractivity contribution in [1.82, 2.24) is 15.2 Å². The highest BCUT2D eigenvalue weighted by molar-refractivity contribution is 5.59. The van der Waals surface area contributed by atoms with Gasteiger partial charge in [-0.25, -0.2) is 4.98 Å². The number of hydrogen-bond acceptors (Lipinski definition) is 6. The first-order valence-electron chi connectivity index (χ1n) is 7.18. The average molecular weight is 325 g/mol. The minimum atomic E-state index is -0.469. The van der Waals surface area contributed by atoms with Gasteiger partial charge in [0, 0.05) is 29.9 Å². The zero-order valence-corrected chi connectivity index (χ0v) is 12.9. The molecule has 3 rings (SSSR count). The molecule has 2 aromatic carbocycles. The number of rotatable bonds is 6. The summed E-state index contributed by atoms with van der Waals surface area (Å²) in [6.45, 7) is 0.558. The molecule has 0 aliphatic carbocycles. The Bertz CT molecular complexity index is 849. The van der Waals surface area contributed by atoms with E-state index < -0.39 is 4.92 Å². The van der Waals surface area contributed by atoms with Crippen LogP contribution in [-0.4, -0.2) is 27.2 Å². The SMILES string of the molecule is COc1cc(NCc2cccc(-c3ncn[nH]3)c2)ccc1[N+](=O)[O-]. The lowest BCUT2D eigenvalue weighted by molar-refractivity contribution is -0.385. The van der Waals surface area contributed by atoms with E-state index >= 15 is 0 Å². The van der Waals surface area contributed by atoms with Crippen molar-refractivity contribution in [2.75, 3.05) is 12.4 Å².